The predicted octanol–water partition coefficient (Wildman–Crippen LogP) is 3.17. The van der Waals surface area contributed by atoms with Gasteiger partial charge in [-0.1, -0.05) is 35.8 Å². The zero-order valence-electron chi connectivity index (χ0n) is 15.0. The standard InChI is InChI=1S/C17H25ClN2O4S/c1-12-7-5-6-8-15(12)19(2)17(21)13-9-10-14(18)16(11-13)25(22,23)20(3)24-4/h9-12,15H,5-8H2,1-4H3. The van der Waals surface area contributed by atoms with E-state index >= 15 is 0 Å². The van der Waals surface area contributed by atoms with Gasteiger partial charge in [-0.15, -0.1) is 0 Å². The summed E-state index contributed by atoms with van der Waals surface area (Å²) in [6, 6.07) is 4.47. The van der Waals surface area contributed by atoms with Crippen LogP contribution in [0.4, 0.5) is 0 Å². The maximum Gasteiger partial charge on any atom is 0.266 e. The molecule has 2 unspecified atom stereocenters. The molecule has 2 rings (SSSR count). The first-order valence-corrected chi connectivity index (χ1v) is 10.1. The SMILES string of the molecule is CON(C)S(=O)(=O)c1cc(C(=O)N(C)C2CCCCC2C)ccc1Cl. The Morgan fingerprint density at radius 3 is 2.48 bits per heavy atom. The van der Waals surface area contributed by atoms with E-state index in [1.807, 2.05) is 0 Å². The van der Waals surface area contributed by atoms with E-state index in [9.17, 15) is 13.2 Å². The van der Waals surface area contributed by atoms with Crippen molar-refractivity contribution in [2.24, 2.45) is 5.92 Å². The summed E-state index contributed by atoms with van der Waals surface area (Å²) in [5.74, 6) is 0.227. The lowest BCUT2D eigenvalue weighted by Gasteiger charge is -2.36. The molecule has 0 bridgehead atoms. The monoisotopic (exact) mass is 388 g/mol. The predicted molar refractivity (Wildman–Crippen MR) is 96.9 cm³/mol. The number of hydrogen-bond acceptors (Lipinski definition) is 4. The number of carbonyl (C=O) groups excluding carboxylic acids is 1. The molecule has 0 saturated heterocycles. The average molecular weight is 389 g/mol. The van der Waals surface area contributed by atoms with Crippen molar-refractivity contribution in [3.05, 3.63) is 28.8 Å². The lowest BCUT2D eigenvalue weighted by molar-refractivity contribution is -0.0258. The molecule has 0 aliphatic heterocycles. The van der Waals surface area contributed by atoms with Crippen molar-refractivity contribution in [2.75, 3.05) is 21.2 Å². The van der Waals surface area contributed by atoms with Crippen LogP contribution in [0.2, 0.25) is 5.02 Å². The molecule has 8 heteroatoms. The van der Waals surface area contributed by atoms with E-state index in [0.717, 1.165) is 23.7 Å². The van der Waals surface area contributed by atoms with Crippen LogP contribution >= 0.6 is 11.6 Å². The fourth-order valence-electron chi connectivity index (χ4n) is 3.30. The Labute approximate surface area is 154 Å². The first kappa shape index (κ1) is 20.2. The molecule has 1 aromatic carbocycles. The van der Waals surface area contributed by atoms with Gasteiger partial charge in [-0.2, -0.15) is 0 Å². The molecule has 25 heavy (non-hydrogen) atoms. The van der Waals surface area contributed by atoms with Crippen molar-refractivity contribution in [2.45, 2.75) is 43.5 Å². The van der Waals surface area contributed by atoms with E-state index in [1.54, 1.807) is 18.0 Å². The van der Waals surface area contributed by atoms with E-state index in [1.165, 1.54) is 32.7 Å². The summed E-state index contributed by atoms with van der Waals surface area (Å²) in [5, 5.41) is 0.0501. The molecule has 1 aromatic rings. The molecule has 1 aliphatic carbocycles. The molecule has 0 radical (unpaired) electrons. The molecular weight excluding hydrogens is 364 g/mol. The second kappa shape index (κ2) is 8.03. The van der Waals surface area contributed by atoms with Crippen LogP contribution in [0.5, 0.6) is 0 Å². The Morgan fingerprint density at radius 1 is 1.24 bits per heavy atom. The first-order valence-electron chi connectivity index (χ1n) is 8.30. The third-order valence-corrected chi connectivity index (χ3v) is 7.10. The van der Waals surface area contributed by atoms with Gasteiger partial charge in [0.1, 0.15) is 4.90 Å². The fourth-order valence-corrected chi connectivity index (χ4v) is 4.77. The third-order valence-electron chi connectivity index (χ3n) is 4.94. The van der Waals surface area contributed by atoms with Crippen molar-refractivity contribution in [3.63, 3.8) is 0 Å². The summed E-state index contributed by atoms with van der Waals surface area (Å²) in [6.07, 6.45) is 4.35. The number of nitrogens with zero attached hydrogens (tertiary/aromatic N) is 2. The summed E-state index contributed by atoms with van der Waals surface area (Å²) in [7, 11) is 0.371. The average Bonchev–Trinajstić information content (AvgIpc) is 2.60. The number of sulfonamides is 1. The van der Waals surface area contributed by atoms with Crippen LogP contribution in [0.25, 0.3) is 0 Å². The summed E-state index contributed by atoms with van der Waals surface area (Å²) >= 11 is 6.05. The molecule has 0 spiro atoms. The number of benzene rings is 1. The van der Waals surface area contributed by atoms with Gasteiger partial charge in [0.2, 0.25) is 0 Å². The highest BCUT2D eigenvalue weighted by Crippen LogP contribution is 2.30. The lowest BCUT2D eigenvalue weighted by atomic mass is 9.85. The molecule has 6 nitrogen and oxygen atoms in total. The van der Waals surface area contributed by atoms with Gasteiger partial charge in [-0.3, -0.25) is 9.63 Å². The summed E-state index contributed by atoms with van der Waals surface area (Å²) in [5.41, 5.74) is 0.299. The highest BCUT2D eigenvalue weighted by Gasteiger charge is 2.30. The Bertz CT molecular complexity index is 738. The topological polar surface area (TPSA) is 66.9 Å². The number of amides is 1. The normalized spacial score (nSPS) is 21.4. The number of hydrogen-bond donors (Lipinski definition) is 0. The lowest BCUT2D eigenvalue weighted by Crippen LogP contribution is -2.42. The minimum absolute atomic E-state index is 0.0501. The van der Waals surface area contributed by atoms with E-state index < -0.39 is 10.0 Å². The highest BCUT2D eigenvalue weighted by atomic mass is 35.5. The minimum atomic E-state index is -3.93. The summed E-state index contributed by atoms with van der Waals surface area (Å²) in [6.45, 7) is 2.15. The molecule has 2 atom stereocenters. The van der Waals surface area contributed by atoms with Crippen LogP contribution in [0, 0.1) is 5.92 Å². The zero-order chi connectivity index (χ0) is 18.8. The number of halogens is 1. The van der Waals surface area contributed by atoms with Crippen LogP contribution in [0.15, 0.2) is 23.1 Å². The smallest absolute Gasteiger partial charge is 0.266 e. The maximum atomic E-state index is 12.9. The van der Waals surface area contributed by atoms with Crippen molar-refractivity contribution < 1.29 is 18.0 Å². The van der Waals surface area contributed by atoms with Crippen molar-refractivity contribution in [1.29, 1.82) is 0 Å². The zero-order valence-corrected chi connectivity index (χ0v) is 16.6. The van der Waals surface area contributed by atoms with Gasteiger partial charge in [0.25, 0.3) is 15.9 Å². The number of hydroxylamine groups is 1. The molecule has 1 saturated carbocycles. The van der Waals surface area contributed by atoms with Crippen LogP contribution in [0.1, 0.15) is 43.0 Å². The molecule has 1 aliphatic rings. The molecule has 1 fully saturated rings. The Morgan fingerprint density at radius 2 is 1.88 bits per heavy atom. The minimum Gasteiger partial charge on any atom is -0.338 e. The molecular formula is C17H25ClN2O4S. The van der Waals surface area contributed by atoms with Crippen molar-refractivity contribution in [3.8, 4) is 0 Å². The van der Waals surface area contributed by atoms with Crippen LogP contribution in [0.3, 0.4) is 0 Å². The van der Waals surface area contributed by atoms with Crippen LogP contribution < -0.4 is 0 Å². The van der Waals surface area contributed by atoms with E-state index in [0.29, 0.717) is 11.5 Å². The van der Waals surface area contributed by atoms with Gasteiger partial charge in [0.15, 0.2) is 0 Å². The number of carbonyl (C=O) groups is 1. The van der Waals surface area contributed by atoms with Gasteiger partial charge >= 0.3 is 0 Å². The maximum absolute atomic E-state index is 12.9. The van der Waals surface area contributed by atoms with Crippen LogP contribution in [-0.4, -0.2) is 50.9 Å². The Hall–Kier alpha value is -1.15. The fraction of sp³-hybridized carbons (Fsp3) is 0.588. The molecule has 0 aromatic heterocycles. The highest BCUT2D eigenvalue weighted by molar-refractivity contribution is 7.89. The van der Waals surface area contributed by atoms with Gasteiger partial charge in [-0.25, -0.2) is 8.42 Å². The number of rotatable bonds is 5. The van der Waals surface area contributed by atoms with E-state index in [2.05, 4.69) is 6.92 Å². The molecule has 0 heterocycles. The van der Waals surface area contributed by atoms with Gasteiger partial charge in [-0.05, 0) is 37.0 Å². The van der Waals surface area contributed by atoms with Crippen molar-refractivity contribution >= 4 is 27.5 Å². The Balaban J connectivity index is 2.34. The summed E-state index contributed by atoms with van der Waals surface area (Å²) < 4.78 is 25.7. The van der Waals surface area contributed by atoms with Gasteiger partial charge in [0.05, 0.1) is 12.1 Å². The largest absolute Gasteiger partial charge is 0.338 e. The quantitative estimate of drug-likeness (QED) is 0.726. The van der Waals surface area contributed by atoms with E-state index in [-0.39, 0.29) is 21.9 Å². The van der Waals surface area contributed by atoms with Crippen molar-refractivity contribution in [1.82, 2.24) is 9.37 Å². The molecule has 1 amide bonds. The van der Waals surface area contributed by atoms with Crippen LogP contribution in [-0.2, 0) is 14.9 Å². The Kier molecular flexibility index (Phi) is 6.48. The first-order chi connectivity index (χ1) is 11.7. The summed E-state index contributed by atoms with van der Waals surface area (Å²) in [4.78, 5) is 19.2. The molecule has 0 N–H and O–H groups in total. The third kappa shape index (κ3) is 4.16. The molecule has 140 valence electrons. The van der Waals surface area contributed by atoms with Gasteiger partial charge in [0, 0.05) is 25.7 Å². The van der Waals surface area contributed by atoms with Gasteiger partial charge < -0.3 is 4.90 Å². The van der Waals surface area contributed by atoms with E-state index in [4.69, 9.17) is 16.4 Å². The second-order valence-corrected chi connectivity index (χ2v) is 8.80. The second-order valence-electron chi connectivity index (χ2n) is 6.49.